The molecule has 0 fully saturated rings. The van der Waals surface area contributed by atoms with Crippen molar-refractivity contribution in [1.82, 2.24) is 16.0 Å². The molecule has 0 unspecified atom stereocenters. The molecule has 0 aromatic heterocycles. The van der Waals surface area contributed by atoms with Gasteiger partial charge >= 0.3 is 0 Å². The number of primary amides is 1. The lowest BCUT2D eigenvalue weighted by molar-refractivity contribution is -0.120. The summed E-state index contributed by atoms with van der Waals surface area (Å²) in [6.45, 7) is 6.16. The van der Waals surface area contributed by atoms with Crippen molar-refractivity contribution < 1.29 is 19.2 Å². The first-order chi connectivity index (χ1) is 14.6. The topological polar surface area (TPSA) is 130 Å². The molecule has 2 rings (SSSR count). The average molecular weight is 425 g/mol. The van der Waals surface area contributed by atoms with Crippen LogP contribution >= 0.6 is 0 Å². The largest absolute Gasteiger partial charge is 0.368 e. The molecule has 2 aromatic rings. The molecule has 0 aliphatic rings. The highest BCUT2D eigenvalue weighted by Crippen LogP contribution is 2.22. The molecule has 5 N–H and O–H groups in total. The second-order valence-corrected chi connectivity index (χ2v) is 8.13. The van der Waals surface area contributed by atoms with Crippen LogP contribution in [0.4, 0.5) is 0 Å². The summed E-state index contributed by atoms with van der Waals surface area (Å²) >= 11 is 0. The molecule has 164 valence electrons. The maximum absolute atomic E-state index is 12.2. The van der Waals surface area contributed by atoms with E-state index in [9.17, 15) is 19.2 Å². The zero-order valence-electron chi connectivity index (χ0n) is 18.0. The van der Waals surface area contributed by atoms with E-state index in [0.717, 1.165) is 11.1 Å². The van der Waals surface area contributed by atoms with Crippen LogP contribution in [0.1, 0.15) is 52.6 Å². The molecule has 8 nitrogen and oxygen atoms in total. The molecule has 0 atom stereocenters. The molecule has 0 heterocycles. The molecule has 0 bridgehead atoms. The summed E-state index contributed by atoms with van der Waals surface area (Å²) in [4.78, 5) is 46.8. The van der Waals surface area contributed by atoms with Gasteiger partial charge in [-0.3, -0.25) is 19.2 Å². The van der Waals surface area contributed by atoms with E-state index in [1.165, 1.54) is 0 Å². The number of nitrogens with one attached hydrogen (secondary N) is 3. The Labute approximate surface area is 181 Å². The number of amides is 4. The van der Waals surface area contributed by atoms with Gasteiger partial charge in [0.15, 0.2) is 0 Å². The SMILES string of the molecule is CC(C)(C)c1ccc(C(=O)NCC(=O)NCc2ccc(C(=O)NCC(N)=O)cc2)cc1. The monoisotopic (exact) mass is 424 g/mol. The van der Waals surface area contributed by atoms with Gasteiger partial charge in [0.2, 0.25) is 11.8 Å². The summed E-state index contributed by atoms with van der Waals surface area (Å²) in [6, 6.07) is 13.9. The van der Waals surface area contributed by atoms with Crippen LogP contribution in [0.5, 0.6) is 0 Å². The van der Waals surface area contributed by atoms with Crippen molar-refractivity contribution in [1.29, 1.82) is 0 Å². The van der Waals surface area contributed by atoms with Crippen molar-refractivity contribution in [3.05, 3.63) is 70.8 Å². The highest BCUT2D eigenvalue weighted by molar-refractivity contribution is 5.97. The molecule has 4 amide bonds. The Kier molecular flexibility index (Phi) is 7.90. The Hall–Kier alpha value is -3.68. The van der Waals surface area contributed by atoms with E-state index >= 15 is 0 Å². The quantitative estimate of drug-likeness (QED) is 0.508. The zero-order valence-corrected chi connectivity index (χ0v) is 18.0. The fourth-order valence-corrected chi connectivity index (χ4v) is 2.69. The predicted molar refractivity (Wildman–Crippen MR) is 117 cm³/mol. The third kappa shape index (κ3) is 7.58. The first kappa shape index (κ1) is 23.6. The van der Waals surface area contributed by atoms with Crippen LogP contribution in [0, 0.1) is 0 Å². The molecule has 0 aliphatic carbocycles. The summed E-state index contributed by atoms with van der Waals surface area (Å²) in [6.07, 6.45) is 0. The third-order valence-electron chi connectivity index (χ3n) is 4.55. The first-order valence-corrected chi connectivity index (χ1v) is 9.87. The fraction of sp³-hybridized carbons (Fsp3) is 0.304. The minimum Gasteiger partial charge on any atom is -0.368 e. The third-order valence-corrected chi connectivity index (χ3v) is 4.55. The number of nitrogens with two attached hydrogens (primary N) is 1. The smallest absolute Gasteiger partial charge is 0.251 e. The second-order valence-electron chi connectivity index (χ2n) is 8.13. The van der Waals surface area contributed by atoms with Crippen LogP contribution in [0.25, 0.3) is 0 Å². The molecule has 0 radical (unpaired) electrons. The number of rotatable bonds is 8. The van der Waals surface area contributed by atoms with Gasteiger partial charge in [-0.1, -0.05) is 45.0 Å². The highest BCUT2D eigenvalue weighted by atomic mass is 16.2. The second kappa shape index (κ2) is 10.4. The molecule has 8 heteroatoms. The van der Waals surface area contributed by atoms with Crippen molar-refractivity contribution in [2.45, 2.75) is 32.7 Å². The molecule has 2 aromatic carbocycles. The van der Waals surface area contributed by atoms with Crippen molar-refractivity contribution in [3.63, 3.8) is 0 Å². The van der Waals surface area contributed by atoms with E-state index < -0.39 is 11.8 Å². The Morgan fingerprint density at radius 1 is 0.742 bits per heavy atom. The Morgan fingerprint density at radius 2 is 1.23 bits per heavy atom. The van der Waals surface area contributed by atoms with Gasteiger partial charge in [-0.05, 0) is 40.8 Å². The number of carbonyl (C=O) groups is 4. The van der Waals surface area contributed by atoms with E-state index in [1.54, 1.807) is 36.4 Å². The lowest BCUT2D eigenvalue weighted by Crippen LogP contribution is -2.36. The molecule has 0 aliphatic heterocycles. The van der Waals surface area contributed by atoms with Crippen LogP contribution in [0.2, 0.25) is 0 Å². The molecular formula is C23H28N4O4. The number of benzene rings is 2. The number of carbonyl (C=O) groups excluding carboxylic acids is 4. The highest BCUT2D eigenvalue weighted by Gasteiger charge is 2.14. The first-order valence-electron chi connectivity index (χ1n) is 9.87. The van der Waals surface area contributed by atoms with Gasteiger partial charge in [-0.2, -0.15) is 0 Å². The van der Waals surface area contributed by atoms with Gasteiger partial charge in [-0.15, -0.1) is 0 Å². The van der Waals surface area contributed by atoms with Gasteiger partial charge < -0.3 is 21.7 Å². The summed E-state index contributed by atoms with van der Waals surface area (Å²) in [5, 5.41) is 7.70. The van der Waals surface area contributed by atoms with Crippen LogP contribution in [-0.4, -0.2) is 36.7 Å². The normalized spacial score (nSPS) is 10.8. The van der Waals surface area contributed by atoms with Crippen molar-refractivity contribution in [3.8, 4) is 0 Å². The van der Waals surface area contributed by atoms with Gasteiger partial charge in [-0.25, -0.2) is 0 Å². The predicted octanol–water partition coefficient (Wildman–Crippen LogP) is 1.25. The number of hydrogen-bond donors (Lipinski definition) is 4. The fourth-order valence-electron chi connectivity index (χ4n) is 2.69. The number of hydrogen-bond acceptors (Lipinski definition) is 4. The molecular weight excluding hydrogens is 396 g/mol. The van der Waals surface area contributed by atoms with Crippen LogP contribution in [-0.2, 0) is 21.5 Å². The van der Waals surface area contributed by atoms with Crippen molar-refractivity contribution >= 4 is 23.6 Å². The van der Waals surface area contributed by atoms with Crippen LogP contribution in [0.3, 0.4) is 0 Å². The summed E-state index contributed by atoms with van der Waals surface area (Å²) < 4.78 is 0. The Balaban J connectivity index is 1.78. The summed E-state index contributed by atoms with van der Waals surface area (Å²) in [5.74, 6) is -1.68. The minimum atomic E-state index is -0.623. The van der Waals surface area contributed by atoms with E-state index in [2.05, 4.69) is 36.7 Å². The zero-order chi connectivity index (χ0) is 23.0. The Bertz CT molecular complexity index is 945. The van der Waals surface area contributed by atoms with Crippen molar-refractivity contribution in [2.24, 2.45) is 5.73 Å². The molecule has 0 saturated heterocycles. The summed E-state index contributed by atoms with van der Waals surface area (Å²) in [7, 11) is 0. The van der Waals surface area contributed by atoms with E-state index in [-0.39, 0.29) is 36.9 Å². The average Bonchev–Trinajstić information content (AvgIpc) is 2.74. The van der Waals surface area contributed by atoms with E-state index in [4.69, 9.17) is 5.73 Å². The van der Waals surface area contributed by atoms with Gasteiger partial charge in [0.1, 0.15) is 0 Å². The van der Waals surface area contributed by atoms with Crippen LogP contribution in [0.15, 0.2) is 48.5 Å². The lowest BCUT2D eigenvalue weighted by atomic mass is 9.87. The van der Waals surface area contributed by atoms with Crippen LogP contribution < -0.4 is 21.7 Å². The molecule has 0 spiro atoms. The maximum atomic E-state index is 12.2. The Morgan fingerprint density at radius 3 is 1.71 bits per heavy atom. The molecule has 0 saturated carbocycles. The minimum absolute atomic E-state index is 0.000403. The maximum Gasteiger partial charge on any atom is 0.251 e. The lowest BCUT2D eigenvalue weighted by Gasteiger charge is -2.19. The van der Waals surface area contributed by atoms with Crippen molar-refractivity contribution in [2.75, 3.05) is 13.1 Å². The molecule has 31 heavy (non-hydrogen) atoms. The van der Waals surface area contributed by atoms with E-state index in [1.807, 2.05) is 12.1 Å². The summed E-state index contributed by atoms with van der Waals surface area (Å²) in [5.41, 5.74) is 7.76. The van der Waals surface area contributed by atoms with E-state index in [0.29, 0.717) is 11.1 Å². The van der Waals surface area contributed by atoms with Gasteiger partial charge in [0.05, 0.1) is 13.1 Å². The van der Waals surface area contributed by atoms with Gasteiger partial charge in [0.25, 0.3) is 11.8 Å². The standard InChI is InChI=1S/C23H28N4O4/c1-23(2,3)18-10-8-17(9-11-18)22(31)27-14-20(29)25-12-15-4-6-16(7-5-15)21(30)26-13-19(24)28/h4-11H,12-14H2,1-3H3,(H2,24,28)(H,25,29)(H,26,30)(H,27,31). The van der Waals surface area contributed by atoms with Gasteiger partial charge in [0, 0.05) is 17.7 Å².